The predicted molar refractivity (Wildman–Crippen MR) is 88.7 cm³/mol. The van der Waals surface area contributed by atoms with E-state index in [0.717, 1.165) is 17.8 Å². The summed E-state index contributed by atoms with van der Waals surface area (Å²) in [4.78, 5) is 19.0. The van der Waals surface area contributed by atoms with E-state index in [4.69, 9.17) is 21.8 Å². The molecule has 0 fully saturated rings. The summed E-state index contributed by atoms with van der Waals surface area (Å²) < 4.78 is 23.7. The quantitative estimate of drug-likeness (QED) is 0.750. The number of thiophene rings is 1. The minimum Gasteiger partial charge on any atom is -0.388 e. The molecule has 0 amide bonds. The number of aromatic nitrogens is 2. The molecule has 0 atom stereocenters. The number of hydrogen-bond acceptors (Lipinski definition) is 6. The third kappa shape index (κ3) is 2.86. The summed E-state index contributed by atoms with van der Waals surface area (Å²) in [5.74, 6) is 0.0514. The van der Waals surface area contributed by atoms with Crippen molar-refractivity contribution in [1.82, 2.24) is 9.97 Å². The number of H-pyrrole nitrogens is 1. The van der Waals surface area contributed by atoms with Crippen molar-refractivity contribution in [1.29, 1.82) is 0 Å². The Morgan fingerprint density at radius 1 is 1.48 bits per heavy atom. The monoisotopic (exact) mass is 373 g/mol. The van der Waals surface area contributed by atoms with Gasteiger partial charge < -0.3 is 10.1 Å². The van der Waals surface area contributed by atoms with Crippen LogP contribution in [0.5, 0.6) is 0 Å². The molecule has 10 heteroatoms. The fourth-order valence-electron chi connectivity index (χ4n) is 2.41. The highest BCUT2D eigenvalue weighted by atomic mass is 35.5. The van der Waals surface area contributed by atoms with E-state index >= 15 is 0 Å². The molecular formula is C13H12ClN3O4S2. The van der Waals surface area contributed by atoms with Gasteiger partial charge in [0.1, 0.15) is 21.5 Å². The Morgan fingerprint density at radius 2 is 2.22 bits per heavy atom. The van der Waals surface area contributed by atoms with Gasteiger partial charge in [-0.05, 0) is 18.4 Å². The zero-order valence-corrected chi connectivity index (χ0v) is 14.1. The van der Waals surface area contributed by atoms with E-state index in [9.17, 15) is 13.2 Å². The normalized spacial score (nSPS) is 15.6. The Labute approximate surface area is 140 Å². The first kappa shape index (κ1) is 16.3. The van der Waals surface area contributed by atoms with E-state index in [1.54, 1.807) is 6.08 Å². The Kier molecular flexibility index (Phi) is 4.15. The number of nitrogens with zero attached hydrogens (tertiary/aromatic N) is 1. The van der Waals surface area contributed by atoms with Gasteiger partial charge in [-0.1, -0.05) is 23.8 Å². The van der Waals surface area contributed by atoms with E-state index in [2.05, 4.69) is 9.97 Å². The minimum absolute atomic E-state index is 0.0514. The van der Waals surface area contributed by atoms with Crippen molar-refractivity contribution in [2.24, 2.45) is 5.14 Å². The van der Waals surface area contributed by atoms with Crippen LogP contribution in [0, 0.1) is 0 Å². The number of aliphatic hydroxyl groups excluding tert-OH is 1. The van der Waals surface area contributed by atoms with E-state index < -0.39 is 22.2 Å². The molecule has 0 saturated carbocycles. The lowest BCUT2D eigenvalue weighted by Gasteiger charge is -2.11. The molecule has 1 aliphatic carbocycles. The van der Waals surface area contributed by atoms with Gasteiger partial charge in [0.25, 0.3) is 5.56 Å². The zero-order valence-electron chi connectivity index (χ0n) is 11.7. The maximum absolute atomic E-state index is 12.3. The molecule has 0 radical (unpaired) electrons. The number of rotatable bonds is 3. The number of halogens is 1. The zero-order chi connectivity index (χ0) is 16.8. The first-order chi connectivity index (χ1) is 10.8. The summed E-state index contributed by atoms with van der Waals surface area (Å²) in [6, 6.07) is 0. The molecule has 7 nitrogen and oxygen atoms in total. The first-order valence-corrected chi connectivity index (χ1v) is 9.32. The van der Waals surface area contributed by atoms with Gasteiger partial charge in [-0.15, -0.1) is 11.3 Å². The Hall–Kier alpha value is -1.52. The molecule has 0 spiro atoms. The molecule has 0 bridgehead atoms. The van der Waals surface area contributed by atoms with E-state index in [-0.39, 0.29) is 25.8 Å². The maximum Gasteiger partial charge on any atom is 0.260 e. The minimum atomic E-state index is -4.07. The number of aliphatic hydroxyl groups is 1. The number of aromatic amines is 1. The number of hydrogen-bond donors (Lipinski definition) is 3. The molecule has 2 aromatic rings. The largest absolute Gasteiger partial charge is 0.388 e. The van der Waals surface area contributed by atoms with Gasteiger partial charge in [0, 0.05) is 10.6 Å². The second kappa shape index (κ2) is 5.84. The van der Waals surface area contributed by atoms with E-state index in [1.165, 1.54) is 0 Å². The molecule has 0 unspecified atom stereocenters. The van der Waals surface area contributed by atoms with Crippen LogP contribution in [0.1, 0.15) is 24.2 Å². The van der Waals surface area contributed by atoms with Crippen molar-refractivity contribution in [2.75, 3.05) is 0 Å². The van der Waals surface area contributed by atoms with Crippen LogP contribution in [0.4, 0.5) is 0 Å². The highest BCUT2D eigenvalue weighted by Crippen LogP contribution is 2.40. The maximum atomic E-state index is 12.3. The van der Waals surface area contributed by atoms with Gasteiger partial charge in [0.05, 0.1) is 5.39 Å². The molecule has 0 aliphatic heterocycles. The van der Waals surface area contributed by atoms with Crippen LogP contribution in [0.15, 0.2) is 26.2 Å². The SMILES string of the molecule is NS(=O)(=O)c1sc2nc(CO)[nH]c(=O)c2c1C1=C(Cl)CCC=C1. The van der Waals surface area contributed by atoms with Gasteiger partial charge in [0.15, 0.2) is 0 Å². The third-order valence-corrected chi connectivity index (χ3v) is 6.30. The molecule has 3 rings (SSSR count). The Bertz CT molecular complexity index is 1020. The van der Waals surface area contributed by atoms with Crippen LogP contribution in [-0.4, -0.2) is 23.5 Å². The van der Waals surface area contributed by atoms with Crippen molar-refractivity contribution in [3.05, 3.63) is 38.9 Å². The second-order valence-electron chi connectivity index (χ2n) is 4.92. The van der Waals surface area contributed by atoms with E-state index in [1.807, 2.05) is 6.08 Å². The number of fused-ring (bicyclic) bond motifs is 1. The number of primary sulfonamides is 1. The van der Waals surface area contributed by atoms with Crippen molar-refractivity contribution >= 4 is 48.8 Å². The summed E-state index contributed by atoms with van der Waals surface area (Å²) >= 11 is 7.02. The number of nitrogens with one attached hydrogen (secondary N) is 1. The Balaban J connectivity index is 2.48. The van der Waals surface area contributed by atoms with Crippen LogP contribution in [-0.2, 0) is 16.6 Å². The summed E-state index contributed by atoms with van der Waals surface area (Å²) in [6.45, 7) is -0.466. The van der Waals surface area contributed by atoms with Crippen LogP contribution >= 0.6 is 22.9 Å². The first-order valence-electron chi connectivity index (χ1n) is 6.58. The van der Waals surface area contributed by atoms with Crippen LogP contribution in [0.3, 0.4) is 0 Å². The lowest BCUT2D eigenvalue weighted by molar-refractivity contribution is 0.271. The third-order valence-electron chi connectivity index (χ3n) is 3.36. The topological polar surface area (TPSA) is 126 Å². The molecule has 23 heavy (non-hydrogen) atoms. The van der Waals surface area contributed by atoms with Crippen molar-refractivity contribution < 1.29 is 13.5 Å². The molecule has 1 aliphatic rings. The molecule has 0 aromatic carbocycles. The number of nitrogens with two attached hydrogens (primary N) is 1. The highest BCUT2D eigenvalue weighted by Gasteiger charge is 2.27. The van der Waals surface area contributed by atoms with Crippen molar-refractivity contribution in [2.45, 2.75) is 23.7 Å². The molecule has 122 valence electrons. The van der Waals surface area contributed by atoms with Crippen molar-refractivity contribution in [3.63, 3.8) is 0 Å². The standard InChI is InChI=1S/C13H12ClN3O4S2/c14-7-4-2-1-3-6(7)9-10-11(19)16-8(5-18)17-12(10)22-13(9)23(15,20)21/h1,3,18H,2,4-5H2,(H2,15,20,21)(H,16,17,19). The van der Waals surface area contributed by atoms with Crippen LogP contribution in [0.2, 0.25) is 0 Å². The summed E-state index contributed by atoms with van der Waals surface area (Å²) in [7, 11) is -4.07. The fourth-order valence-corrected chi connectivity index (χ4v) is 4.81. The van der Waals surface area contributed by atoms with E-state index in [0.29, 0.717) is 17.0 Å². The van der Waals surface area contributed by atoms with Crippen LogP contribution < -0.4 is 10.7 Å². The molecule has 2 aromatic heterocycles. The summed E-state index contributed by atoms with van der Waals surface area (Å²) in [5.41, 5.74) is 0.0834. The average Bonchev–Trinajstić information content (AvgIpc) is 2.87. The van der Waals surface area contributed by atoms with Gasteiger partial charge in [-0.3, -0.25) is 4.79 Å². The molecule has 2 heterocycles. The van der Waals surface area contributed by atoms with Crippen LogP contribution in [0.25, 0.3) is 15.8 Å². The van der Waals surface area contributed by atoms with Gasteiger partial charge in [-0.2, -0.15) is 0 Å². The smallest absolute Gasteiger partial charge is 0.260 e. The second-order valence-corrected chi connectivity index (χ2v) is 8.13. The molecule has 0 saturated heterocycles. The number of sulfonamides is 1. The molecule has 4 N–H and O–H groups in total. The average molecular weight is 374 g/mol. The van der Waals surface area contributed by atoms with Gasteiger partial charge >= 0.3 is 0 Å². The lowest BCUT2D eigenvalue weighted by atomic mass is 10.00. The molecular weight excluding hydrogens is 362 g/mol. The van der Waals surface area contributed by atoms with Gasteiger partial charge in [-0.25, -0.2) is 18.5 Å². The fraction of sp³-hybridized carbons (Fsp3) is 0.231. The summed E-state index contributed by atoms with van der Waals surface area (Å²) in [5, 5.41) is 15.0. The predicted octanol–water partition coefficient (Wildman–Crippen LogP) is 1.42. The lowest BCUT2D eigenvalue weighted by Crippen LogP contribution is -2.15. The van der Waals surface area contributed by atoms with Crippen molar-refractivity contribution in [3.8, 4) is 0 Å². The summed E-state index contributed by atoms with van der Waals surface area (Å²) in [6.07, 6.45) is 4.82. The Morgan fingerprint density at radius 3 is 2.83 bits per heavy atom. The van der Waals surface area contributed by atoms with Gasteiger partial charge in [0.2, 0.25) is 10.0 Å². The number of allylic oxidation sites excluding steroid dienone is 4. The highest BCUT2D eigenvalue weighted by molar-refractivity contribution is 7.91.